The van der Waals surface area contributed by atoms with Crippen LogP contribution >= 0.6 is 0 Å². The molecule has 3 unspecified atom stereocenters. The summed E-state index contributed by atoms with van der Waals surface area (Å²) in [5.41, 5.74) is 1.36. The smallest absolute Gasteiger partial charge is 0.0537 e. The minimum atomic E-state index is 0.508. The monoisotopic (exact) mass is 235 g/mol. The summed E-state index contributed by atoms with van der Waals surface area (Å²) < 4.78 is 1.91. The molecule has 1 N–H and O–H groups in total. The van der Waals surface area contributed by atoms with Gasteiger partial charge in [0, 0.05) is 24.8 Å². The Morgan fingerprint density at radius 3 is 2.88 bits per heavy atom. The second-order valence-electron chi connectivity index (χ2n) is 5.56. The summed E-state index contributed by atoms with van der Waals surface area (Å²) in [4.78, 5) is 0. The normalized spacial score (nSPS) is 26.3. The number of hydrogen-bond donors (Lipinski definition) is 1. The number of aryl methyl sites for hydroxylation is 1. The Morgan fingerprint density at radius 2 is 2.35 bits per heavy atom. The maximum absolute atomic E-state index is 4.31. The van der Waals surface area contributed by atoms with Crippen LogP contribution in [-0.4, -0.2) is 16.3 Å². The molecular formula is C14H25N3. The van der Waals surface area contributed by atoms with Crippen molar-refractivity contribution in [2.24, 2.45) is 18.9 Å². The first-order valence-electron chi connectivity index (χ1n) is 6.92. The predicted molar refractivity (Wildman–Crippen MR) is 70.7 cm³/mol. The molecule has 1 aromatic rings. The molecule has 0 aromatic carbocycles. The van der Waals surface area contributed by atoms with E-state index in [9.17, 15) is 0 Å². The molecule has 1 aliphatic carbocycles. The van der Waals surface area contributed by atoms with Crippen molar-refractivity contribution in [3.05, 3.63) is 18.0 Å². The molecule has 17 heavy (non-hydrogen) atoms. The maximum Gasteiger partial charge on any atom is 0.0537 e. The lowest BCUT2D eigenvalue weighted by Crippen LogP contribution is -2.27. The highest BCUT2D eigenvalue weighted by atomic mass is 15.2. The molecule has 0 saturated heterocycles. The van der Waals surface area contributed by atoms with Gasteiger partial charge in [0.25, 0.3) is 0 Å². The third-order valence-electron chi connectivity index (χ3n) is 3.90. The van der Waals surface area contributed by atoms with Crippen molar-refractivity contribution >= 4 is 0 Å². The van der Waals surface area contributed by atoms with Crippen LogP contribution in [0.2, 0.25) is 0 Å². The quantitative estimate of drug-likeness (QED) is 0.850. The Morgan fingerprint density at radius 1 is 1.53 bits per heavy atom. The van der Waals surface area contributed by atoms with E-state index in [4.69, 9.17) is 0 Å². The minimum absolute atomic E-state index is 0.508. The zero-order chi connectivity index (χ0) is 12.3. The van der Waals surface area contributed by atoms with Crippen molar-refractivity contribution < 1.29 is 0 Å². The first-order valence-corrected chi connectivity index (χ1v) is 6.92. The summed E-state index contributed by atoms with van der Waals surface area (Å²) in [6, 6.07) is 0.508. The number of nitrogens with zero attached hydrogens (tertiary/aromatic N) is 2. The molecule has 0 bridgehead atoms. The van der Waals surface area contributed by atoms with Crippen LogP contribution in [0.5, 0.6) is 0 Å². The predicted octanol–water partition coefficient (Wildman–Crippen LogP) is 2.90. The summed E-state index contributed by atoms with van der Waals surface area (Å²) >= 11 is 0. The van der Waals surface area contributed by atoms with Crippen LogP contribution in [0.3, 0.4) is 0 Å². The summed E-state index contributed by atoms with van der Waals surface area (Å²) in [7, 11) is 2.00. The lowest BCUT2D eigenvalue weighted by atomic mass is 9.92. The van der Waals surface area contributed by atoms with Gasteiger partial charge in [-0.15, -0.1) is 0 Å². The second kappa shape index (κ2) is 5.67. The molecule has 1 aromatic heterocycles. The van der Waals surface area contributed by atoms with E-state index in [0.717, 1.165) is 18.4 Å². The summed E-state index contributed by atoms with van der Waals surface area (Å²) in [6.07, 6.45) is 9.48. The van der Waals surface area contributed by atoms with Crippen LogP contribution in [0, 0.1) is 11.8 Å². The Kier molecular flexibility index (Phi) is 4.21. The van der Waals surface area contributed by atoms with E-state index in [1.165, 1.54) is 31.2 Å². The number of aromatic nitrogens is 2. The topological polar surface area (TPSA) is 29.9 Å². The second-order valence-corrected chi connectivity index (χ2v) is 5.56. The summed E-state index contributed by atoms with van der Waals surface area (Å²) in [5.74, 6) is 1.68. The fraction of sp³-hybridized carbons (Fsp3) is 0.786. The molecule has 0 spiro atoms. The molecule has 0 aliphatic heterocycles. The molecular weight excluding hydrogens is 210 g/mol. The van der Waals surface area contributed by atoms with Crippen LogP contribution in [0.4, 0.5) is 0 Å². The molecule has 1 aliphatic rings. The van der Waals surface area contributed by atoms with Gasteiger partial charge in [-0.2, -0.15) is 5.10 Å². The van der Waals surface area contributed by atoms with Crippen LogP contribution in [-0.2, 0) is 7.05 Å². The van der Waals surface area contributed by atoms with Crippen molar-refractivity contribution in [2.45, 2.75) is 45.6 Å². The number of hydrogen-bond acceptors (Lipinski definition) is 2. The molecule has 3 nitrogen and oxygen atoms in total. The molecule has 1 saturated carbocycles. The molecule has 2 rings (SSSR count). The molecule has 0 amide bonds. The zero-order valence-electron chi connectivity index (χ0n) is 11.3. The van der Waals surface area contributed by atoms with Crippen LogP contribution in [0.25, 0.3) is 0 Å². The fourth-order valence-corrected chi connectivity index (χ4v) is 3.01. The van der Waals surface area contributed by atoms with Gasteiger partial charge in [0.2, 0.25) is 0 Å². The van der Waals surface area contributed by atoms with Crippen molar-refractivity contribution in [3.8, 4) is 0 Å². The highest BCUT2D eigenvalue weighted by Gasteiger charge is 2.29. The van der Waals surface area contributed by atoms with Crippen molar-refractivity contribution in [1.82, 2.24) is 15.1 Å². The standard InChI is InChI=1S/C14H25N3/c1-4-7-15-14(12-6-5-11(2)8-12)13-9-16-17(3)10-13/h9-12,14-15H,4-8H2,1-3H3. The average molecular weight is 235 g/mol. The van der Waals surface area contributed by atoms with Crippen molar-refractivity contribution in [3.63, 3.8) is 0 Å². The van der Waals surface area contributed by atoms with Crippen molar-refractivity contribution in [1.29, 1.82) is 0 Å². The van der Waals surface area contributed by atoms with Gasteiger partial charge in [0.1, 0.15) is 0 Å². The van der Waals surface area contributed by atoms with E-state index >= 15 is 0 Å². The first kappa shape index (κ1) is 12.6. The molecule has 3 heteroatoms. The van der Waals surface area contributed by atoms with E-state index in [-0.39, 0.29) is 0 Å². The van der Waals surface area contributed by atoms with Gasteiger partial charge in [-0.25, -0.2) is 0 Å². The van der Waals surface area contributed by atoms with E-state index in [1.807, 2.05) is 17.9 Å². The van der Waals surface area contributed by atoms with Crippen LogP contribution < -0.4 is 5.32 Å². The van der Waals surface area contributed by atoms with Crippen molar-refractivity contribution in [2.75, 3.05) is 6.54 Å². The SMILES string of the molecule is CCCNC(c1cnn(C)c1)C1CCC(C)C1. The first-order chi connectivity index (χ1) is 8.20. The highest BCUT2D eigenvalue weighted by Crippen LogP contribution is 2.38. The van der Waals surface area contributed by atoms with E-state index in [0.29, 0.717) is 6.04 Å². The van der Waals surface area contributed by atoms with E-state index in [2.05, 4.69) is 30.5 Å². The van der Waals surface area contributed by atoms with E-state index < -0.39 is 0 Å². The van der Waals surface area contributed by atoms with E-state index in [1.54, 1.807) is 0 Å². The Labute approximate surface area is 105 Å². The lowest BCUT2D eigenvalue weighted by Gasteiger charge is -2.24. The van der Waals surface area contributed by atoms with Gasteiger partial charge in [-0.3, -0.25) is 4.68 Å². The number of rotatable bonds is 5. The Balaban J connectivity index is 2.07. The summed E-state index contributed by atoms with van der Waals surface area (Å²) in [6.45, 7) is 5.70. The minimum Gasteiger partial charge on any atom is -0.310 e. The summed E-state index contributed by atoms with van der Waals surface area (Å²) in [5, 5.41) is 8.02. The van der Waals surface area contributed by atoms with Gasteiger partial charge in [0.05, 0.1) is 6.20 Å². The van der Waals surface area contributed by atoms with Gasteiger partial charge in [-0.05, 0) is 37.6 Å². The molecule has 1 fully saturated rings. The third kappa shape index (κ3) is 3.09. The van der Waals surface area contributed by atoms with Crippen LogP contribution in [0.15, 0.2) is 12.4 Å². The van der Waals surface area contributed by atoms with Gasteiger partial charge in [-0.1, -0.05) is 20.3 Å². The highest BCUT2D eigenvalue weighted by molar-refractivity contribution is 5.12. The Hall–Kier alpha value is -0.830. The largest absolute Gasteiger partial charge is 0.310 e. The fourth-order valence-electron chi connectivity index (χ4n) is 3.01. The van der Waals surface area contributed by atoms with Crippen LogP contribution in [0.1, 0.15) is 51.1 Å². The molecule has 3 atom stereocenters. The maximum atomic E-state index is 4.31. The van der Waals surface area contributed by atoms with Gasteiger partial charge >= 0.3 is 0 Å². The van der Waals surface area contributed by atoms with Gasteiger partial charge < -0.3 is 5.32 Å². The number of nitrogens with one attached hydrogen (secondary N) is 1. The Bertz CT molecular complexity index is 345. The van der Waals surface area contributed by atoms with Gasteiger partial charge in [0.15, 0.2) is 0 Å². The zero-order valence-corrected chi connectivity index (χ0v) is 11.3. The lowest BCUT2D eigenvalue weighted by molar-refractivity contribution is 0.359. The molecule has 0 radical (unpaired) electrons. The molecule has 1 heterocycles. The molecule has 96 valence electrons. The average Bonchev–Trinajstić information content (AvgIpc) is 2.89. The third-order valence-corrected chi connectivity index (χ3v) is 3.90.